The van der Waals surface area contributed by atoms with Gasteiger partial charge in [-0.05, 0) is 41.0 Å². The number of ether oxygens (including phenoxy) is 1. The first-order valence-electron chi connectivity index (χ1n) is 5.94. The fourth-order valence-corrected chi connectivity index (χ4v) is 1.07. The number of carbonyl (C=O) groups excluding carboxylic acids is 2. The highest BCUT2D eigenvalue weighted by Crippen LogP contribution is 1.97. The molecule has 0 rings (SSSR count). The zero-order chi connectivity index (χ0) is 13.5. The summed E-state index contributed by atoms with van der Waals surface area (Å²) in [6, 6.07) is 0. The van der Waals surface area contributed by atoms with Crippen molar-refractivity contribution < 1.29 is 14.3 Å². The second-order valence-corrected chi connectivity index (χ2v) is 5.23. The van der Waals surface area contributed by atoms with E-state index in [2.05, 4.69) is 10.6 Å². The summed E-state index contributed by atoms with van der Waals surface area (Å²) in [4.78, 5) is 22.7. The molecule has 0 spiro atoms. The molecule has 2 N–H and O–H groups in total. The average Bonchev–Trinajstić information content (AvgIpc) is 2.13. The van der Waals surface area contributed by atoms with Gasteiger partial charge in [0, 0.05) is 18.7 Å². The molecule has 0 aliphatic carbocycles. The molecule has 0 bridgehead atoms. The van der Waals surface area contributed by atoms with E-state index < -0.39 is 17.4 Å². The second-order valence-electron chi connectivity index (χ2n) is 5.23. The highest BCUT2D eigenvalue weighted by molar-refractivity contribution is 6.35. The predicted octanol–water partition coefficient (Wildman–Crippen LogP) is 0.832. The van der Waals surface area contributed by atoms with Crippen LogP contribution in [0.1, 0.15) is 41.0 Å². The molecule has 5 heteroatoms. The fraction of sp³-hybridized carbons (Fsp3) is 0.833. The van der Waals surface area contributed by atoms with E-state index in [-0.39, 0.29) is 6.10 Å². The molecular formula is C12H24N2O3. The third-order valence-corrected chi connectivity index (χ3v) is 1.75. The van der Waals surface area contributed by atoms with Gasteiger partial charge in [-0.25, -0.2) is 0 Å². The summed E-state index contributed by atoms with van der Waals surface area (Å²) < 4.78 is 5.31. The molecule has 0 aromatic heterocycles. The highest BCUT2D eigenvalue weighted by Gasteiger charge is 2.19. The van der Waals surface area contributed by atoms with Crippen LogP contribution in [0.15, 0.2) is 0 Å². The van der Waals surface area contributed by atoms with Crippen molar-refractivity contribution in [3.8, 4) is 0 Å². The van der Waals surface area contributed by atoms with Crippen LogP contribution in [0.4, 0.5) is 0 Å². The summed E-state index contributed by atoms with van der Waals surface area (Å²) in [5, 5.41) is 5.14. The number of rotatable bonds is 5. The minimum absolute atomic E-state index is 0.190. The van der Waals surface area contributed by atoms with Gasteiger partial charge < -0.3 is 15.4 Å². The lowest BCUT2D eigenvalue weighted by molar-refractivity contribution is -0.140. The van der Waals surface area contributed by atoms with E-state index >= 15 is 0 Å². The lowest BCUT2D eigenvalue weighted by Crippen LogP contribution is -2.48. The molecule has 0 unspecified atom stereocenters. The van der Waals surface area contributed by atoms with Crippen LogP contribution < -0.4 is 10.6 Å². The number of hydrogen-bond donors (Lipinski definition) is 2. The van der Waals surface area contributed by atoms with Gasteiger partial charge in [-0.3, -0.25) is 9.59 Å². The van der Waals surface area contributed by atoms with Crippen molar-refractivity contribution in [2.45, 2.75) is 52.7 Å². The molecule has 5 nitrogen and oxygen atoms in total. The molecular weight excluding hydrogens is 220 g/mol. The lowest BCUT2D eigenvalue weighted by atomic mass is 10.1. The van der Waals surface area contributed by atoms with Crippen LogP contribution in [0, 0.1) is 0 Å². The van der Waals surface area contributed by atoms with Crippen molar-refractivity contribution in [2.24, 2.45) is 0 Å². The molecule has 0 aromatic rings. The molecule has 0 radical (unpaired) electrons. The Balaban J connectivity index is 3.69. The molecule has 0 fully saturated rings. The Kier molecular flexibility index (Phi) is 6.80. The van der Waals surface area contributed by atoms with Gasteiger partial charge in [-0.1, -0.05) is 0 Å². The van der Waals surface area contributed by atoms with Gasteiger partial charge in [-0.2, -0.15) is 0 Å². The van der Waals surface area contributed by atoms with E-state index in [1.807, 2.05) is 34.6 Å². The summed E-state index contributed by atoms with van der Waals surface area (Å²) in [6.45, 7) is 10.4. The Labute approximate surface area is 103 Å². The Hall–Kier alpha value is -1.10. The van der Waals surface area contributed by atoms with E-state index in [1.54, 1.807) is 0 Å². The van der Waals surface area contributed by atoms with Gasteiger partial charge in [0.05, 0.1) is 6.10 Å². The topological polar surface area (TPSA) is 67.4 Å². The molecule has 100 valence electrons. The number of hydrogen-bond acceptors (Lipinski definition) is 3. The summed E-state index contributed by atoms with van der Waals surface area (Å²) in [6.07, 6.45) is 0.891. The van der Waals surface area contributed by atoms with Gasteiger partial charge in [0.1, 0.15) is 0 Å². The minimum atomic E-state index is -0.595. The Morgan fingerprint density at radius 3 is 2.24 bits per heavy atom. The van der Waals surface area contributed by atoms with E-state index in [0.29, 0.717) is 19.6 Å². The van der Waals surface area contributed by atoms with E-state index in [4.69, 9.17) is 4.74 Å². The van der Waals surface area contributed by atoms with Crippen LogP contribution >= 0.6 is 0 Å². The number of amides is 2. The van der Waals surface area contributed by atoms with Crippen molar-refractivity contribution in [1.29, 1.82) is 0 Å². The third kappa shape index (κ3) is 9.81. The number of nitrogens with one attached hydrogen (secondary N) is 2. The zero-order valence-corrected chi connectivity index (χ0v) is 11.4. The second kappa shape index (κ2) is 7.27. The van der Waals surface area contributed by atoms with Gasteiger partial charge in [0.15, 0.2) is 0 Å². The Morgan fingerprint density at radius 2 is 1.76 bits per heavy atom. The first-order valence-corrected chi connectivity index (χ1v) is 5.94. The third-order valence-electron chi connectivity index (χ3n) is 1.75. The first-order chi connectivity index (χ1) is 7.72. The Morgan fingerprint density at radius 1 is 1.18 bits per heavy atom. The van der Waals surface area contributed by atoms with Crippen molar-refractivity contribution in [3.63, 3.8) is 0 Å². The van der Waals surface area contributed by atoms with E-state index in [0.717, 1.165) is 0 Å². The van der Waals surface area contributed by atoms with Gasteiger partial charge in [-0.15, -0.1) is 0 Å². The average molecular weight is 244 g/mol. The summed E-state index contributed by atoms with van der Waals surface area (Å²) in [5.41, 5.74) is -0.394. The van der Waals surface area contributed by atoms with Gasteiger partial charge >= 0.3 is 11.8 Å². The van der Waals surface area contributed by atoms with Crippen LogP contribution in [0.25, 0.3) is 0 Å². The van der Waals surface area contributed by atoms with Crippen molar-refractivity contribution in [2.75, 3.05) is 13.2 Å². The molecule has 0 aliphatic heterocycles. The maximum atomic E-state index is 11.4. The van der Waals surface area contributed by atoms with E-state index in [1.165, 1.54) is 0 Å². The van der Waals surface area contributed by atoms with Crippen molar-refractivity contribution >= 4 is 11.8 Å². The maximum absolute atomic E-state index is 11.4. The Bertz CT molecular complexity index is 257. The van der Waals surface area contributed by atoms with E-state index in [9.17, 15) is 9.59 Å². The largest absolute Gasteiger partial charge is 0.379 e. The minimum Gasteiger partial charge on any atom is -0.379 e. The molecule has 0 atom stereocenters. The van der Waals surface area contributed by atoms with Crippen molar-refractivity contribution in [1.82, 2.24) is 10.6 Å². The van der Waals surface area contributed by atoms with Crippen LogP contribution in [0.2, 0.25) is 0 Å². The molecule has 0 heterocycles. The summed E-state index contributed by atoms with van der Waals surface area (Å²) in [5.74, 6) is -1.19. The molecule has 0 saturated heterocycles. The van der Waals surface area contributed by atoms with Crippen LogP contribution in [0.5, 0.6) is 0 Å². The van der Waals surface area contributed by atoms with Crippen LogP contribution in [-0.2, 0) is 14.3 Å². The summed E-state index contributed by atoms with van der Waals surface area (Å²) in [7, 11) is 0. The first kappa shape index (κ1) is 15.9. The highest BCUT2D eigenvalue weighted by atomic mass is 16.5. The summed E-state index contributed by atoms with van der Waals surface area (Å²) >= 11 is 0. The quantitative estimate of drug-likeness (QED) is 0.556. The molecule has 0 aromatic carbocycles. The zero-order valence-electron chi connectivity index (χ0n) is 11.4. The van der Waals surface area contributed by atoms with Crippen LogP contribution in [0.3, 0.4) is 0 Å². The predicted molar refractivity (Wildman–Crippen MR) is 66.6 cm³/mol. The molecule has 0 saturated carbocycles. The smallest absolute Gasteiger partial charge is 0.309 e. The van der Waals surface area contributed by atoms with Gasteiger partial charge in [0.25, 0.3) is 0 Å². The van der Waals surface area contributed by atoms with Crippen LogP contribution in [-0.4, -0.2) is 36.6 Å². The molecule has 0 aliphatic rings. The molecule has 17 heavy (non-hydrogen) atoms. The molecule has 2 amide bonds. The lowest BCUT2D eigenvalue weighted by Gasteiger charge is -2.19. The van der Waals surface area contributed by atoms with Gasteiger partial charge in [0.2, 0.25) is 0 Å². The standard InChI is InChI=1S/C12H24N2O3/c1-9(2)17-8-6-7-13-10(15)11(16)14-12(3,4)5/h9H,6-8H2,1-5H3,(H,13,15)(H,14,16). The SMILES string of the molecule is CC(C)OCCCNC(=O)C(=O)NC(C)(C)C. The maximum Gasteiger partial charge on any atom is 0.309 e. The fourth-order valence-electron chi connectivity index (χ4n) is 1.07. The van der Waals surface area contributed by atoms with Crippen molar-refractivity contribution in [3.05, 3.63) is 0 Å². The monoisotopic (exact) mass is 244 g/mol. The normalized spacial score (nSPS) is 11.4. The number of carbonyl (C=O) groups is 2.